The second-order valence-electron chi connectivity index (χ2n) is 0.333. The van der Waals surface area contributed by atoms with Crippen molar-refractivity contribution in [2.75, 3.05) is 0 Å². The molecule has 0 aliphatic rings. The summed E-state index contributed by atoms with van der Waals surface area (Å²) in [6.07, 6.45) is 1.18. The fraction of sp³-hybridized carbons (Fsp3) is 0. The van der Waals surface area contributed by atoms with Gasteiger partial charge in [-0.2, -0.15) is 5.26 Å². The van der Waals surface area contributed by atoms with Crippen LogP contribution in [0, 0.1) is 11.3 Å². The molecule has 0 aliphatic carbocycles. The van der Waals surface area contributed by atoms with Crippen molar-refractivity contribution in [1.29, 1.82) is 5.26 Å². The standard InChI is InChI=1S/C3H3N.Ni/c1-2-3-4;/h2H,1H2;/q;+2. The molecule has 0 aromatic heterocycles. The zero-order valence-electron chi connectivity index (χ0n) is 2.55. The Bertz CT molecular complexity index is 52.4. The van der Waals surface area contributed by atoms with E-state index in [0.29, 0.717) is 0 Å². The van der Waals surface area contributed by atoms with Gasteiger partial charge in [-0.05, 0) is 0 Å². The van der Waals surface area contributed by atoms with E-state index >= 15 is 0 Å². The van der Waals surface area contributed by atoms with Gasteiger partial charge < -0.3 is 0 Å². The average Bonchev–Trinajstić information content (AvgIpc) is 1.37. The van der Waals surface area contributed by atoms with Crippen LogP contribution in [0.25, 0.3) is 0 Å². The van der Waals surface area contributed by atoms with Crippen molar-refractivity contribution in [3.05, 3.63) is 12.7 Å². The first-order chi connectivity index (χ1) is 1.91. The van der Waals surface area contributed by atoms with Gasteiger partial charge in [0.25, 0.3) is 0 Å². The topological polar surface area (TPSA) is 23.8 Å². The molecule has 0 bridgehead atoms. The molecule has 0 spiro atoms. The number of nitriles is 1. The van der Waals surface area contributed by atoms with E-state index in [4.69, 9.17) is 5.26 Å². The summed E-state index contributed by atoms with van der Waals surface area (Å²) < 4.78 is 0. The van der Waals surface area contributed by atoms with Gasteiger partial charge in [0.2, 0.25) is 0 Å². The Morgan fingerprint density at radius 2 is 2.00 bits per heavy atom. The Kier molecular flexibility index (Phi) is 16.4. The molecule has 0 saturated carbocycles. The quantitative estimate of drug-likeness (QED) is 0.334. The minimum absolute atomic E-state index is 0. The van der Waals surface area contributed by atoms with Crippen molar-refractivity contribution >= 4 is 0 Å². The minimum atomic E-state index is 0. The molecule has 0 heterocycles. The van der Waals surface area contributed by atoms with Gasteiger partial charge in [0.15, 0.2) is 0 Å². The fourth-order valence-corrected chi connectivity index (χ4v) is 0. The van der Waals surface area contributed by atoms with Crippen LogP contribution in [-0.4, -0.2) is 0 Å². The number of rotatable bonds is 0. The Labute approximate surface area is 41.2 Å². The molecular weight excluding hydrogens is 109 g/mol. The number of hydrogen-bond acceptors (Lipinski definition) is 1. The molecule has 0 unspecified atom stereocenters. The molecule has 2 heteroatoms. The molecule has 0 rings (SSSR count). The SMILES string of the molecule is C=CC#N.[Ni+2]. The molecule has 28 valence electrons. The maximum absolute atomic E-state index is 7.51. The van der Waals surface area contributed by atoms with Crippen LogP contribution in [-0.2, 0) is 16.5 Å². The summed E-state index contributed by atoms with van der Waals surface area (Å²) in [6.45, 7) is 3.12. The van der Waals surface area contributed by atoms with Crippen LogP contribution in [0.5, 0.6) is 0 Å². The van der Waals surface area contributed by atoms with E-state index in [1.807, 2.05) is 0 Å². The molecule has 0 aliphatic heterocycles. The zero-order valence-corrected chi connectivity index (χ0v) is 3.54. The summed E-state index contributed by atoms with van der Waals surface area (Å²) in [4.78, 5) is 0. The molecule has 0 amide bonds. The Balaban J connectivity index is 0. The van der Waals surface area contributed by atoms with Crippen molar-refractivity contribution in [3.63, 3.8) is 0 Å². The molecule has 5 heavy (non-hydrogen) atoms. The molecule has 0 aromatic rings. The Morgan fingerprint density at radius 1 is 1.80 bits per heavy atom. The maximum atomic E-state index is 7.51. The van der Waals surface area contributed by atoms with Gasteiger partial charge in [-0.1, -0.05) is 6.58 Å². The van der Waals surface area contributed by atoms with Crippen LogP contribution >= 0.6 is 0 Å². The van der Waals surface area contributed by atoms with Crippen LogP contribution in [0.3, 0.4) is 0 Å². The predicted octanol–water partition coefficient (Wildman–Crippen LogP) is 0.693. The molecule has 0 fully saturated rings. The van der Waals surface area contributed by atoms with Crippen LogP contribution in [0.2, 0.25) is 0 Å². The first kappa shape index (κ1) is 8.83. The number of hydrogen-bond donors (Lipinski definition) is 0. The third-order valence-electron chi connectivity index (χ3n) is 0.0913. The molecular formula is C3H3NNi+2. The van der Waals surface area contributed by atoms with Gasteiger partial charge in [0.1, 0.15) is 0 Å². The van der Waals surface area contributed by atoms with Crippen LogP contribution in [0.15, 0.2) is 12.7 Å². The number of nitrogens with zero attached hydrogens (tertiary/aromatic N) is 1. The van der Waals surface area contributed by atoms with Crippen molar-refractivity contribution in [2.24, 2.45) is 0 Å². The van der Waals surface area contributed by atoms with E-state index in [-0.39, 0.29) is 16.5 Å². The van der Waals surface area contributed by atoms with Gasteiger partial charge in [0, 0.05) is 6.08 Å². The van der Waals surface area contributed by atoms with Crippen LogP contribution in [0.1, 0.15) is 0 Å². The second kappa shape index (κ2) is 9.30. The largest absolute Gasteiger partial charge is 2.00 e. The summed E-state index contributed by atoms with van der Waals surface area (Å²) >= 11 is 0. The molecule has 0 radical (unpaired) electrons. The zero-order chi connectivity index (χ0) is 3.41. The number of allylic oxidation sites excluding steroid dienone is 1. The second-order valence-corrected chi connectivity index (χ2v) is 0.333. The van der Waals surface area contributed by atoms with Crippen LogP contribution in [0.4, 0.5) is 0 Å². The molecule has 0 N–H and O–H groups in total. The predicted molar refractivity (Wildman–Crippen MR) is 15.8 cm³/mol. The monoisotopic (exact) mass is 111 g/mol. The first-order valence-corrected chi connectivity index (χ1v) is 0.921. The van der Waals surface area contributed by atoms with E-state index in [1.165, 1.54) is 6.08 Å². The van der Waals surface area contributed by atoms with Gasteiger partial charge in [-0.25, -0.2) is 0 Å². The van der Waals surface area contributed by atoms with E-state index in [0.717, 1.165) is 0 Å². The molecule has 1 nitrogen and oxygen atoms in total. The summed E-state index contributed by atoms with van der Waals surface area (Å²) in [5.41, 5.74) is 0. The fourth-order valence-electron chi connectivity index (χ4n) is 0. The summed E-state index contributed by atoms with van der Waals surface area (Å²) in [5, 5.41) is 7.51. The summed E-state index contributed by atoms with van der Waals surface area (Å²) in [7, 11) is 0. The van der Waals surface area contributed by atoms with Gasteiger partial charge in [0.05, 0.1) is 6.07 Å². The average molecular weight is 112 g/mol. The summed E-state index contributed by atoms with van der Waals surface area (Å²) in [6, 6.07) is 1.69. The van der Waals surface area contributed by atoms with Gasteiger partial charge in [-0.15, -0.1) is 0 Å². The maximum Gasteiger partial charge on any atom is 2.00 e. The van der Waals surface area contributed by atoms with Crippen molar-refractivity contribution in [3.8, 4) is 6.07 Å². The summed E-state index contributed by atoms with van der Waals surface area (Å²) in [5.74, 6) is 0. The Hall–Kier alpha value is -0.276. The van der Waals surface area contributed by atoms with Crippen molar-refractivity contribution in [2.45, 2.75) is 0 Å². The molecule has 0 aromatic carbocycles. The van der Waals surface area contributed by atoms with E-state index in [1.54, 1.807) is 6.07 Å². The van der Waals surface area contributed by atoms with Gasteiger partial charge in [-0.3, -0.25) is 0 Å². The molecule has 0 atom stereocenters. The smallest absolute Gasteiger partial charge is 0.193 e. The van der Waals surface area contributed by atoms with E-state index in [2.05, 4.69) is 6.58 Å². The Morgan fingerprint density at radius 3 is 2.00 bits per heavy atom. The van der Waals surface area contributed by atoms with Crippen molar-refractivity contribution in [1.82, 2.24) is 0 Å². The van der Waals surface area contributed by atoms with Crippen LogP contribution < -0.4 is 0 Å². The normalized spacial score (nSPS) is 3.00. The minimum Gasteiger partial charge on any atom is -0.193 e. The third-order valence-corrected chi connectivity index (χ3v) is 0.0913. The third kappa shape index (κ3) is 21.1. The van der Waals surface area contributed by atoms with Crippen molar-refractivity contribution < 1.29 is 16.5 Å². The first-order valence-electron chi connectivity index (χ1n) is 0.921. The van der Waals surface area contributed by atoms with E-state index < -0.39 is 0 Å². The molecule has 0 saturated heterocycles. The van der Waals surface area contributed by atoms with E-state index in [9.17, 15) is 0 Å². The van der Waals surface area contributed by atoms with Gasteiger partial charge >= 0.3 is 16.5 Å².